The van der Waals surface area contributed by atoms with Crippen LogP contribution in [0.3, 0.4) is 0 Å². The Morgan fingerprint density at radius 3 is 2.56 bits per heavy atom. The molecule has 2 heterocycles. The molecule has 3 aromatic rings. The van der Waals surface area contributed by atoms with E-state index in [-0.39, 0.29) is 16.7 Å². The summed E-state index contributed by atoms with van der Waals surface area (Å²) in [7, 11) is 0. The first-order valence-corrected chi connectivity index (χ1v) is 11.1. The van der Waals surface area contributed by atoms with Gasteiger partial charge in [-0.2, -0.15) is 13.2 Å². The van der Waals surface area contributed by atoms with E-state index in [0.29, 0.717) is 35.1 Å². The van der Waals surface area contributed by atoms with Gasteiger partial charge in [0.05, 0.1) is 15.4 Å². The smallest absolute Gasteiger partial charge is 0.453 e. The quantitative estimate of drug-likeness (QED) is 0.405. The summed E-state index contributed by atoms with van der Waals surface area (Å²) in [6.07, 6.45) is -0.650. The Labute approximate surface area is 189 Å². The summed E-state index contributed by atoms with van der Waals surface area (Å²) in [4.78, 5) is 15.3. The highest BCUT2D eigenvalue weighted by atomic mass is 79.9. The first-order chi connectivity index (χ1) is 15.3. The van der Waals surface area contributed by atoms with E-state index < -0.39 is 23.1 Å². The molecule has 0 unspecified atom stereocenters. The third-order valence-electron chi connectivity index (χ3n) is 5.97. The van der Waals surface area contributed by atoms with E-state index in [4.69, 9.17) is 13.9 Å². The molecule has 1 aliphatic carbocycles. The molecule has 2 aliphatic rings. The van der Waals surface area contributed by atoms with Crippen LogP contribution >= 0.6 is 15.9 Å². The lowest BCUT2D eigenvalue weighted by molar-refractivity contribution is -0.154. The van der Waals surface area contributed by atoms with Crippen LogP contribution in [-0.2, 0) is 12.7 Å². The van der Waals surface area contributed by atoms with Crippen LogP contribution in [0.5, 0.6) is 17.2 Å². The van der Waals surface area contributed by atoms with Gasteiger partial charge in [0.2, 0.25) is 11.2 Å². The number of fused-ring (bicyclic) bond motifs is 3. The maximum atomic E-state index is 13.9. The Bertz CT molecular complexity index is 1230. The molecular weight excluding hydrogens is 491 g/mol. The van der Waals surface area contributed by atoms with Crippen molar-refractivity contribution in [3.05, 3.63) is 62.4 Å². The van der Waals surface area contributed by atoms with E-state index in [2.05, 4.69) is 20.8 Å². The van der Waals surface area contributed by atoms with Crippen LogP contribution in [0.15, 0.2) is 50.1 Å². The molecule has 9 heteroatoms. The third-order valence-corrected chi connectivity index (χ3v) is 6.63. The second kappa shape index (κ2) is 8.12. The normalized spacial score (nSPS) is 17.4. The summed E-state index contributed by atoms with van der Waals surface area (Å²) in [5, 5.41) is 0.0238. The van der Waals surface area contributed by atoms with Crippen LogP contribution in [0.2, 0.25) is 0 Å². The fourth-order valence-electron chi connectivity index (χ4n) is 4.39. The Kier molecular flexibility index (Phi) is 5.41. The van der Waals surface area contributed by atoms with Crippen molar-refractivity contribution in [3.63, 3.8) is 0 Å². The zero-order chi connectivity index (χ0) is 22.5. The highest BCUT2D eigenvalue weighted by Gasteiger charge is 2.41. The van der Waals surface area contributed by atoms with Gasteiger partial charge in [-0.25, -0.2) is 0 Å². The number of hydrogen-bond donors (Lipinski definition) is 0. The van der Waals surface area contributed by atoms with Gasteiger partial charge in [-0.3, -0.25) is 9.69 Å². The molecule has 168 valence electrons. The van der Waals surface area contributed by atoms with E-state index in [1.54, 1.807) is 24.3 Å². The monoisotopic (exact) mass is 509 g/mol. The van der Waals surface area contributed by atoms with Gasteiger partial charge in [-0.1, -0.05) is 25.0 Å². The number of hydrogen-bond acceptors (Lipinski definition) is 5. The van der Waals surface area contributed by atoms with Crippen molar-refractivity contribution in [2.75, 3.05) is 6.73 Å². The molecule has 0 spiro atoms. The molecule has 5 rings (SSSR count). The molecule has 5 nitrogen and oxygen atoms in total. The molecule has 0 radical (unpaired) electrons. The molecule has 1 fully saturated rings. The minimum atomic E-state index is -4.92. The van der Waals surface area contributed by atoms with Crippen molar-refractivity contribution in [2.45, 2.75) is 44.4 Å². The van der Waals surface area contributed by atoms with Crippen LogP contribution in [0.4, 0.5) is 13.2 Å². The molecule has 0 amide bonds. The van der Waals surface area contributed by atoms with E-state index in [1.807, 2.05) is 0 Å². The topological polar surface area (TPSA) is 51.9 Å². The molecule has 0 bridgehead atoms. The zero-order valence-corrected chi connectivity index (χ0v) is 18.5. The number of halogens is 4. The summed E-state index contributed by atoms with van der Waals surface area (Å²) < 4.78 is 58.9. The van der Waals surface area contributed by atoms with E-state index in [0.717, 1.165) is 25.7 Å². The molecule has 1 saturated carbocycles. The van der Waals surface area contributed by atoms with E-state index in [9.17, 15) is 18.0 Å². The number of ether oxygens (including phenoxy) is 2. The largest absolute Gasteiger partial charge is 0.478 e. The van der Waals surface area contributed by atoms with Crippen LogP contribution < -0.4 is 14.9 Å². The van der Waals surface area contributed by atoms with Crippen LogP contribution in [0.1, 0.15) is 37.0 Å². The summed E-state index contributed by atoms with van der Waals surface area (Å²) >= 11 is 3.23. The SMILES string of the molecule is O=c1c(Oc2ccccc2Br)c(C(F)(F)F)oc2c3c(ccc12)OCN(C1CCCC1)C3. The lowest BCUT2D eigenvalue weighted by Gasteiger charge is -2.33. The van der Waals surface area contributed by atoms with Crippen molar-refractivity contribution < 1.29 is 27.1 Å². The van der Waals surface area contributed by atoms with Gasteiger partial charge < -0.3 is 13.9 Å². The Hall–Kier alpha value is -2.52. The molecule has 32 heavy (non-hydrogen) atoms. The number of benzene rings is 2. The van der Waals surface area contributed by atoms with Gasteiger partial charge in [-0.05, 0) is 53.0 Å². The number of rotatable bonds is 3. The summed E-state index contributed by atoms with van der Waals surface area (Å²) in [5.74, 6) is -1.83. The average Bonchev–Trinajstić information content (AvgIpc) is 3.30. The predicted molar refractivity (Wildman–Crippen MR) is 115 cm³/mol. The number of alkyl halides is 3. The molecule has 1 aromatic heterocycles. The van der Waals surface area contributed by atoms with Crippen LogP contribution in [-0.4, -0.2) is 17.7 Å². The lowest BCUT2D eigenvalue weighted by Crippen LogP contribution is -2.39. The van der Waals surface area contributed by atoms with Crippen molar-refractivity contribution in [2.24, 2.45) is 0 Å². The highest BCUT2D eigenvalue weighted by molar-refractivity contribution is 9.10. The first kappa shape index (κ1) is 21.3. The fourth-order valence-corrected chi connectivity index (χ4v) is 4.75. The summed E-state index contributed by atoms with van der Waals surface area (Å²) in [5.41, 5.74) is -0.534. The second-order valence-corrected chi connectivity index (χ2v) is 8.85. The molecular formula is C23H19BrF3NO4. The first-order valence-electron chi connectivity index (χ1n) is 10.3. The van der Waals surface area contributed by atoms with Crippen molar-refractivity contribution in [1.82, 2.24) is 4.90 Å². The van der Waals surface area contributed by atoms with Crippen LogP contribution in [0.25, 0.3) is 11.0 Å². The third kappa shape index (κ3) is 3.77. The van der Waals surface area contributed by atoms with E-state index in [1.165, 1.54) is 12.1 Å². The van der Waals surface area contributed by atoms with E-state index >= 15 is 0 Å². The Morgan fingerprint density at radius 1 is 1.09 bits per heavy atom. The molecule has 0 N–H and O–H groups in total. The fraction of sp³-hybridized carbons (Fsp3) is 0.348. The number of nitrogens with zero attached hydrogens (tertiary/aromatic N) is 1. The standard InChI is InChI=1S/C23H19BrF3NO4/c24-16-7-3-4-8-18(16)31-21-19(29)14-9-10-17-15(20(14)32-22(21)23(25,26)27)11-28(12-30-17)13-5-1-2-6-13/h3-4,7-10,13H,1-2,5-6,11-12H2. The zero-order valence-electron chi connectivity index (χ0n) is 16.9. The minimum absolute atomic E-state index is 0.0238. The lowest BCUT2D eigenvalue weighted by atomic mass is 10.1. The maximum absolute atomic E-state index is 13.9. The van der Waals surface area contributed by atoms with Crippen molar-refractivity contribution in [1.29, 1.82) is 0 Å². The number of para-hydroxylation sites is 1. The average molecular weight is 510 g/mol. The van der Waals surface area contributed by atoms with Crippen molar-refractivity contribution in [3.8, 4) is 17.2 Å². The summed E-state index contributed by atoms with van der Waals surface area (Å²) in [6.45, 7) is 0.727. The minimum Gasteiger partial charge on any atom is -0.478 e. The Morgan fingerprint density at radius 2 is 1.84 bits per heavy atom. The highest BCUT2D eigenvalue weighted by Crippen LogP contribution is 2.42. The predicted octanol–water partition coefficient (Wildman–Crippen LogP) is 6.46. The second-order valence-electron chi connectivity index (χ2n) is 8.00. The van der Waals surface area contributed by atoms with Gasteiger partial charge >= 0.3 is 6.18 Å². The van der Waals surface area contributed by atoms with Gasteiger partial charge in [0, 0.05) is 12.6 Å². The maximum Gasteiger partial charge on any atom is 0.453 e. The van der Waals surface area contributed by atoms with Gasteiger partial charge in [0.25, 0.3) is 5.76 Å². The Balaban J connectivity index is 1.66. The van der Waals surface area contributed by atoms with Gasteiger partial charge in [0.15, 0.2) is 0 Å². The summed E-state index contributed by atoms with van der Waals surface area (Å²) in [6, 6.07) is 9.71. The van der Waals surface area contributed by atoms with Gasteiger partial charge in [-0.15, -0.1) is 0 Å². The molecule has 0 saturated heterocycles. The van der Waals surface area contributed by atoms with Crippen LogP contribution in [0, 0.1) is 0 Å². The van der Waals surface area contributed by atoms with Crippen molar-refractivity contribution >= 4 is 26.9 Å². The molecule has 0 atom stereocenters. The van der Waals surface area contributed by atoms with Gasteiger partial charge in [0.1, 0.15) is 23.8 Å². The molecule has 2 aromatic carbocycles. The molecule has 1 aliphatic heterocycles.